The van der Waals surface area contributed by atoms with Crippen LogP contribution in [0.4, 0.5) is 0 Å². The Morgan fingerprint density at radius 2 is 2.24 bits per heavy atom. The van der Waals surface area contributed by atoms with Crippen molar-refractivity contribution < 1.29 is 9.53 Å². The number of aromatic amines is 1. The van der Waals surface area contributed by atoms with Gasteiger partial charge in [0.05, 0.1) is 23.7 Å². The Morgan fingerprint density at radius 1 is 1.53 bits per heavy atom. The van der Waals surface area contributed by atoms with Crippen LogP contribution in [0.25, 0.3) is 11.0 Å². The van der Waals surface area contributed by atoms with Crippen LogP contribution in [-0.2, 0) is 4.74 Å². The highest BCUT2D eigenvalue weighted by atomic mass is 35.5. The Labute approximate surface area is 101 Å². The molecule has 1 N–H and O–H groups in total. The molecule has 0 aliphatic carbocycles. The normalized spacial score (nSPS) is 10.5. The minimum absolute atomic E-state index is 0.107. The number of esters is 1. The lowest BCUT2D eigenvalue weighted by atomic mass is 10.2. The number of rotatable bonds is 1. The van der Waals surface area contributed by atoms with Crippen molar-refractivity contribution in [3.63, 3.8) is 0 Å². The number of H-pyrrole nitrogens is 1. The first-order chi connectivity index (χ1) is 8.04. The van der Waals surface area contributed by atoms with Gasteiger partial charge in [-0.1, -0.05) is 11.6 Å². The van der Waals surface area contributed by atoms with E-state index < -0.39 is 11.5 Å². The van der Waals surface area contributed by atoms with E-state index >= 15 is 0 Å². The number of hydrogen-bond acceptors (Lipinski definition) is 4. The van der Waals surface area contributed by atoms with Gasteiger partial charge in [-0.3, -0.25) is 9.78 Å². The van der Waals surface area contributed by atoms with Crippen LogP contribution in [0.3, 0.4) is 0 Å². The van der Waals surface area contributed by atoms with E-state index in [2.05, 4.69) is 14.7 Å². The van der Waals surface area contributed by atoms with Gasteiger partial charge in [-0.2, -0.15) is 0 Å². The Bertz CT molecular complexity index is 664. The van der Waals surface area contributed by atoms with Crippen LogP contribution in [0, 0.1) is 6.92 Å². The number of carbonyl (C=O) groups is 1. The molecule has 0 saturated carbocycles. The Hall–Kier alpha value is -1.88. The largest absolute Gasteiger partial charge is 0.465 e. The van der Waals surface area contributed by atoms with Crippen molar-refractivity contribution in [2.75, 3.05) is 7.11 Å². The lowest BCUT2D eigenvalue weighted by Gasteiger charge is -2.04. The maximum Gasteiger partial charge on any atom is 0.339 e. The number of nitrogens with one attached hydrogen (secondary N) is 1. The summed E-state index contributed by atoms with van der Waals surface area (Å²) in [5.41, 5.74) is 1.47. The average molecular weight is 253 g/mol. The number of aromatic nitrogens is 2. The number of nitrogens with zero attached hydrogens (tertiary/aromatic N) is 1. The summed E-state index contributed by atoms with van der Waals surface area (Å²) < 4.78 is 4.57. The molecule has 0 radical (unpaired) electrons. The zero-order valence-electron chi connectivity index (χ0n) is 9.20. The van der Waals surface area contributed by atoms with Gasteiger partial charge in [-0.05, 0) is 13.0 Å². The van der Waals surface area contributed by atoms with Crippen molar-refractivity contribution >= 4 is 28.6 Å². The molecule has 0 aliphatic heterocycles. The SMILES string of the molecule is COC(=O)c1cnc2c(C)c(Cl)c(=O)[nH]c2c1. The van der Waals surface area contributed by atoms with Gasteiger partial charge in [0, 0.05) is 11.8 Å². The number of methoxy groups -OCH3 is 1. The van der Waals surface area contributed by atoms with Gasteiger partial charge in [0.15, 0.2) is 0 Å². The predicted octanol–water partition coefficient (Wildman–Crippen LogP) is 1.67. The fourth-order valence-corrected chi connectivity index (χ4v) is 1.68. The van der Waals surface area contributed by atoms with Gasteiger partial charge in [0.2, 0.25) is 0 Å². The summed E-state index contributed by atoms with van der Waals surface area (Å²) >= 11 is 5.81. The number of halogens is 1. The summed E-state index contributed by atoms with van der Waals surface area (Å²) in [5, 5.41) is 0.107. The van der Waals surface area contributed by atoms with Gasteiger partial charge in [-0.25, -0.2) is 4.79 Å². The van der Waals surface area contributed by atoms with E-state index in [-0.39, 0.29) is 10.6 Å². The van der Waals surface area contributed by atoms with Crippen molar-refractivity contribution in [3.8, 4) is 0 Å². The number of ether oxygens (including phenoxy) is 1. The maximum absolute atomic E-state index is 11.5. The van der Waals surface area contributed by atoms with E-state index in [0.717, 1.165) is 0 Å². The van der Waals surface area contributed by atoms with Gasteiger partial charge in [0.25, 0.3) is 5.56 Å². The van der Waals surface area contributed by atoms with Crippen molar-refractivity contribution in [1.82, 2.24) is 9.97 Å². The molecule has 0 amide bonds. The van der Waals surface area contributed by atoms with Crippen molar-refractivity contribution in [2.24, 2.45) is 0 Å². The van der Waals surface area contributed by atoms with E-state index in [1.807, 2.05) is 0 Å². The molecular formula is C11H9ClN2O3. The topological polar surface area (TPSA) is 72.0 Å². The molecule has 6 heteroatoms. The molecule has 0 atom stereocenters. The summed E-state index contributed by atoms with van der Waals surface area (Å²) in [5.74, 6) is -0.507. The van der Waals surface area contributed by atoms with Crippen molar-refractivity contribution in [2.45, 2.75) is 6.92 Å². The van der Waals surface area contributed by atoms with Crippen LogP contribution in [-0.4, -0.2) is 23.0 Å². The summed E-state index contributed by atoms with van der Waals surface area (Å²) in [7, 11) is 1.28. The lowest BCUT2D eigenvalue weighted by Crippen LogP contribution is -2.10. The monoisotopic (exact) mass is 252 g/mol. The van der Waals surface area contributed by atoms with Gasteiger partial charge >= 0.3 is 5.97 Å². The lowest BCUT2D eigenvalue weighted by molar-refractivity contribution is 0.0600. The third kappa shape index (κ3) is 1.89. The zero-order valence-corrected chi connectivity index (χ0v) is 9.96. The van der Waals surface area contributed by atoms with Crippen LogP contribution in [0.1, 0.15) is 15.9 Å². The van der Waals surface area contributed by atoms with Crippen LogP contribution in [0.2, 0.25) is 5.02 Å². The molecule has 0 unspecified atom stereocenters. The number of hydrogen-bond donors (Lipinski definition) is 1. The highest BCUT2D eigenvalue weighted by Crippen LogP contribution is 2.19. The number of carbonyl (C=O) groups excluding carboxylic acids is 1. The highest BCUT2D eigenvalue weighted by molar-refractivity contribution is 6.31. The summed E-state index contributed by atoms with van der Waals surface area (Å²) in [6.45, 7) is 1.70. The smallest absolute Gasteiger partial charge is 0.339 e. The number of fused-ring (bicyclic) bond motifs is 1. The molecule has 0 bridgehead atoms. The maximum atomic E-state index is 11.5. The second-order valence-electron chi connectivity index (χ2n) is 3.50. The van der Waals surface area contributed by atoms with Crippen LogP contribution < -0.4 is 5.56 Å². The number of pyridine rings is 2. The van der Waals surface area contributed by atoms with Gasteiger partial charge in [-0.15, -0.1) is 0 Å². The van der Waals surface area contributed by atoms with E-state index in [4.69, 9.17) is 11.6 Å². The fraction of sp³-hybridized carbons (Fsp3) is 0.182. The molecule has 0 aliphatic rings. The first-order valence-corrected chi connectivity index (χ1v) is 5.19. The molecule has 88 valence electrons. The minimum atomic E-state index is -0.507. The second-order valence-corrected chi connectivity index (χ2v) is 3.88. The first kappa shape index (κ1) is 11.6. The molecule has 0 fully saturated rings. The first-order valence-electron chi connectivity index (χ1n) is 4.81. The summed E-state index contributed by atoms with van der Waals surface area (Å²) in [4.78, 5) is 29.4. The zero-order chi connectivity index (χ0) is 12.6. The van der Waals surface area contributed by atoms with Crippen LogP contribution in [0.5, 0.6) is 0 Å². The molecule has 2 aromatic rings. The molecule has 2 rings (SSSR count). The molecule has 0 aromatic carbocycles. The molecule has 17 heavy (non-hydrogen) atoms. The summed E-state index contributed by atoms with van der Waals surface area (Å²) in [6, 6.07) is 1.51. The van der Waals surface area contributed by atoms with Gasteiger partial charge < -0.3 is 9.72 Å². The number of aryl methyl sites for hydroxylation is 1. The van der Waals surface area contributed by atoms with Crippen molar-refractivity contribution in [1.29, 1.82) is 0 Å². The Balaban J connectivity index is 2.75. The average Bonchev–Trinajstić information content (AvgIpc) is 2.34. The third-order valence-electron chi connectivity index (χ3n) is 2.44. The summed E-state index contributed by atoms with van der Waals surface area (Å²) in [6.07, 6.45) is 1.38. The van der Waals surface area contributed by atoms with E-state index in [1.165, 1.54) is 19.4 Å². The van der Waals surface area contributed by atoms with Crippen LogP contribution >= 0.6 is 11.6 Å². The van der Waals surface area contributed by atoms with Crippen molar-refractivity contribution in [3.05, 3.63) is 38.8 Å². The third-order valence-corrected chi connectivity index (χ3v) is 2.90. The standard InChI is InChI=1S/C11H9ClN2O3/c1-5-8(12)10(15)14-7-3-6(11(16)17-2)4-13-9(5)7/h3-4H,1-2H3,(H,14,15). The Morgan fingerprint density at radius 3 is 2.88 bits per heavy atom. The molecule has 5 nitrogen and oxygen atoms in total. The van der Waals surface area contributed by atoms with E-state index in [0.29, 0.717) is 16.6 Å². The fourth-order valence-electron chi connectivity index (χ4n) is 1.54. The highest BCUT2D eigenvalue weighted by Gasteiger charge is 2.11. The Kier molecular flexibility index (Phi) is 2.85. The molecular weight excluding hydrogens is 244 g/mol. The van der Waals surface area contributed by atoms with Crippen LogP contribution in [0.15, 0.2) is 17.1 Å². The molecule has 2 aromatic heterocycles. The van der Waals surface area contributed by atoms with E-state index in [1.54, 1.807) is 6.92 Å². The van der Waals surface area contributed by atoms with Gasteiger partial charge in [0.1, 0.15) is 5.02 Å². The predicted molar refractivity (Wildman–Crippen MR) is 63.5 cm³/mol. The van der Waals surface area contributed by atoms with E-state index in [9.17, 15) is 9.59 Å². The second kappa shape index (κ2) is 4.18. The molecule has 0 saturated heterocycles. The quantitative estimate of drug-likeness (QED) is 0.784. The molecule has 0 spiro atoms. The minimum Gasteiger partial charge on any atom is -0.465 e. The molecule has 2 heterocycles.